The minimum Gasteiger partial charge on any atom is -0.454 e. The summed E-state index contributed by atoms with van der Waals surface area (Å²) in [5.74, 6) is 1.98. The van der Waals surface area contributed by atoms with Crippen molar-refractivity contribution in [1.29, 1.82) is 0 Å². The summed E-state index contributed by atoms with van der Waals surface area (Å²) >= 11 is 0. The quantitative estimate of drug-likeness (QED) is 0.911. The highest BCUT2D eigenvalue weighted by molar-refractivity contribution is 5.95. The number of hydrogen-bond acceptors (Lipinski definition) is 4. The first-order valence-electron chi connectivity index (χ1n) is 7.17. The van der Waals surface area contributed by atoms with Crippen LogP contribution in [-0.2, 0) is 0 Å². The molecule has 2 N–H and O–H groups in total. The second kappa shape index (κ2) is 5.71. The second-order valence-electron chi connectivity index (χ2n) is 5.40. The molecule has 5 heteroatoms. The van der Waals surface area contributed by atoms with E-state index < -0.39 is 0 Å². The molecule has 0 aliphatic carbocycles. The number of piperidine rings is 1. The molecule has 1 fully saturated rings. The van der Waals surface area contributed by atoms with Crippen LogP contribution in [0.1, 0.15) is 29.6 Å². The molecule has 0 saturated carbocycles. The highest BCUT2D eigenvalue weighted by Gasteiger charge is 2.25. The molecule has 1 saturated heterocycles. The zero-order chi connectivity index (χ0) is 13.9. The molecule has 0 bridgehead atoms. The minimum atomic E-state index is 0.0741. The summed E-state index contributed by atoms with van der Waals surface area (Å²) in [4.78, 5) is 14.5. The lowest BCUT2D eigenvalue weighted by atomic mass is 9.94. The van der Waals surface area contributed by atoms with E-state index in [1.165, 1.54) is 6.42 Å². The van der Waals surface area contributed by atoms with Gasteiger partial charge in [0.1, 0.15) is 0 Å². The Morgan fingerprint density at radius 1 is 1.35 bits per heavy atom. The van der Waals surface area contributed by atoms with E-state index in [1.54, 1.807) is 12.1 Å². The molecule has 5 nitrogen and oxygen atoms in total. The summed E-state index contributed by atoms with van der Waals surface area (Å²) in [5, 5.41) is 0. The van der Waals surface area contributed by atoms with Gasteiger partial charge in [-0.25, -0.2) is 0 Å². The summed E-state index contributed by atoms with van der Waals surface area (Å²) in [6, 6.07) is 5.39. The second-order valence-corrected chi connectivity index (χ2v) is 5.40. The van der Waals surface area contributed by atoms with Crippen LogP contribution in [0.4, 0.5) is 0 Å². The lowest BCUT2D eigenvalue weighted by molar-refractivity contribution is 0.0669. The van der Waals surface area contributed by atoms with Crippen LogP contribution in [-0.4, -0.2) is 37.2 Å². The number of nitrogens with two attached hydrogens (primary N) is 1. The zero-order valence-electron chi connectivity index (χ0n) is 11.5. The predicted octanol–water partition coefficient (Wildman–Crippen LogP) is 1.62. The number of rotatable bonds is 3. The van der Waals surface area contributed by atoms with Gasteiger partial charge in [0.2, 0.25) is 6.79 Å². The van der Waals surface area contributed by atoms with Crippen LogP contribution in [0.2, 0.25) is 0 Å². The molecular formula is C15H20N2O3. The maximum atomic E-state index is 12.5. The van der Waals surface area contributed by atoms with Crippen LogP contribution in [0.3, 0.4) is 0 Å². The maximum Gasteiger partial charge on any atom is 0.254 e. The fraction of sp³-hybridized carbons (Fsp3) is 0.533. The van der Waals surface area contributed by atoms with E-state index in [2.05, 4.69) is 0 Å². The van der Waals surface area contributed by atoms with Crippen molar-refractivity contribution in [3.8, 4) is 11.5 Å². The lowest BCUT2D eigenvalue weighted by Gasteiger charge is -2.32. The SMILES string of the molecule is NCCC1CCCN(C(=O)c2ccc3c(c2)OCO3)C1. The van der Waals surface area contributed by atoms with Crippen molar-refractivity contribution in [3.63, 3.8) is 0 Å². The standard InChI is InChI=1S/C15H20N2O3/c16-6-5-11-2-1-7-17(9-11)15(18)12-3-4-13-14(8-12)20-10-19-13/h3-4,8,11H,1-2,5-7,9-10,16H2. The van der Waals surface area contributed by atoms with Crippen LogP contribution < -0.4 is 15.2 Å². The number of likely N-dealkylation sites (tertiary alicyclic amines) is 1. The first-order valence-corrected chi connectivity index (χ1v) is 7.17. The van der Waals surface area contributed by atoms with Crippen molar-refractivity contribution in [3.05, 3.63) is 23.8 Å². The molecule has 108 valence electrons. The Morgan fingerprint density at radius 2 is 2.20 bits per heavy atom. The van der Waals surface area contributed by atoms with E-state index in [1.807, 2.05) is 11.0 Å². The van der Waals surface area contributed by atoms with Gasteiger partial charge in [-0.15, -0.1) is 0 Å². The Labute approximate surface area is 118 Å². The van der Waals surface area contributed by atoms with Crippen LogP contribution in [0.25, 0.3) is 0 Å². The fourth-order valence-electron chi connectivity index (χ4n) is 2.93. The van der Waals surface area contributed by atoms with E-state index in [0.717, 1.165) is 25.9 Å². The number of ether oxygens (including phenoxy) is 2. The van der Waals surface area contributed by atoms with Gasteiger partial charge in [0.25, 0.3) is 5.91 Å². The third-order valence-corrected chi connectivity index (χ3v) is 4.00. The van der Waals surface area contributed by atoms with Crippen molar-refractivity contribution < 1.29 is 14.3 Å². The maximum absolute atomic E-state index is 12.5. The zero-order valence-corrected chi connectivity index (χ0v) is 11.5. The molecule has 0 spiro atoms. The predicted molar refractivity (Wildman–Crippen MR) is 74.9 cm³/mol. The molecule has 0 radical (unpaired) electrons. The normalized spacial score (nSPS) is 21.1. The average Bonchev–Trinajstić information content (AvgIpc) is 2.94. The van der Waals surface area contributed by atoms with Gasteiger partial charge in [-0.2, -0.15) is 0 Å². The van der Waals surface area contributed by atoms with Crippen LogP contribution >= 0.6 is 0 Å². The largest absolute Gasteiger partial charge is 0.454 e. The summed E-state index contributed by atoms with van der Waals surface area (Å²) in [5.41, 5.74) is 6.29. The molecule has 3 rings (SSSR count). The number of nitrogens with zero attached hydrogens (tertiary/aromatic N) is 1. The fourth-order valence-corrected chi connectivity index (χ4v) is 2.93. The Kier molecular flexibility index (Phi) is 3.78. The number of carbonyl (C=O) groups excluding carboxylic acids is 1. The molecule has 1 amide bonds. The van der Waals surface area contributed by atoms with Gasteiger partial charge < -0.3 is 20.1 Å². The summed E-state index contributed by atoms with van der Waals surface area (Å²) in [6.07, 6.45) is 3.22. The first-order chi connectivity index (χ1) is 9.78. The van der Waals surface area contributed by atoms with Crippen molar-refractivity contribution in [1.82, 2.24) is 4.90 Å². The van der Waals surface area contributed by atoms with Gasteiger partial charge in [-0.3, -0.25) is 4.79 Å². The number of benzene rings is 1. The van der Waals surface area contributed by atoms with Gasteiger partial charge in [0.15, 0.2) is 11.5 Å². The molecule has 2 aliphatic heterocycles. The highest BCUT2D eigenvalue weighted by atomic mass is 16.7. The van der Waals surface area contributed by atoms with Crippen molar-refractivity contribution >= 4 is 5.91 Å². The van der Waals surface area contributed by atoms with Gasteiger partial charge in [-0.05, 0) is 49.9 Å². The molecule has 0 aromatic heterocycles. The Balaban J connectivity index is 1.72. The molecule has 1 atom stereocenters. The molecule has 2 aliphatic rings. The molecule has 1 aromatic rings. The van der Waals surface area contributed by atoms with E-state index in [4.69, 9.17) is 15.2 Å². The van der Waals surface area contributed by atoms with E-state index in [-0.39, 0.29) is 12.7 Å². The number of amides is 1. The Bertz CT molecular complexity index is 502. The number of hydrogen-bond donors (Lipinski definition) is 1. The number of fused-ring (bicyclic) bond motifs is 1. The molecular weight excluding hydrogens is 256 g/mol. The summed E-state index contributed by atoms with van der Waals surface area (Å²) in [6.45, 7) is 2.56. The highest BCUT2D eigenvalue weighted by Crippen LogP contribution is 2.33. The average molecular weight is 276 g/mol. The van der Waals surface area contributed by atoms with Crippen LogP contribution in [0.5, 0.6) is 11.5 Å². The van der Waals surface area contributed by atoms with Crippen LogP contribution in [0, 0.1) is 5.92 Å². The van der Waals surface area contributed by atoms with Gasteiger partial charge in [0, 0.05) is 18.7 Å². The minimum absolute atomic E-state index is 0.0741. The first kappa shape index (κ1) is 13.2. The van der Waals surface area contributed by atoms with E-state index >= 15 is 0 Å². The van der Waals surface area contributed by atoms with Gasteiger partial charge >= 0.3 is 0 Å². The molecule has 2 heterocycles. The smallest absolute Gasteiger partial charge is 0.254 e. The lowest BCUT2D eigenvalue weighted by Crippen LogP contribution is -2.40. The van der Waals surface area contributed by atoms with Crippen molar-refractivity contribution in [2.75, 3.05) is 26.4 Å². The molecule has 1 aromatic carbocycles. The van der Waals surface area contributed by atoms with Crippen LogP contribution in [0.15, 0.2) is 18.2 Å². The monoisotopic (exact) mass is 276 g/mol. The van der Waals surface area contributed by atoms with Crippen molar-refractivity contribution in [2.24, 2.45) is 11.7 Å². The number of carbonyl (C=O) groups is 1. The van der Waals surface area contributed by atoms with Crippen molar-refractivity contribution in [2.45, 2.75) is 19.3 Å². The third kappa shape index (κ3) is 2.58. The third-order valence-electron chi connectivity index (χ3n) is 4.00. The van der Waals surface area contributed by atoms with Gasteiger partial charge in [0.05, 0.1) is 0 Å². The van der Waals surface area contributed by atoms with Gasteiger partial charge in [-0.1, -0.05) is 0 Å². The molecule has 20 heavy (non-hydrogen) atoms. The Hall–Kier alpha value is -1.75. The molecule has 1 unspecified atom stereocenters. The summed E-state index contributed by atoms with van der Waals surface area (Å²) in [7, 11) is 0. The Morgan fingerprint density at radius 3 is 3.05 bits per heavy atom. The van der Waals surface area contributed by atoms with E-state index in [9.17, 15) is 4.79 Å². The van der Waals surface area contributed by atoms with E-state index in [0.29, 0.717) is 29.5 Å². The topological polar surface area (TPSA) is 64.8 Å². The summed E-state index contributed by atoms with van der Waals surface area (Å²) < 4.78 is 10.6.